The van der Waals surface area contributed by atoms with Crippen molar-refractivity contribution in [3.8, 4) is 0 Å². The van der Waals surface area contributed by atoms with Crippen molar-refractivity contribution in [2.75, 3.05) is 24.5 Å². The highest BCUT2D eigenvalue weighted by molar-refractivity contribution is 5.88. The second kappa shape index (κ2) is 6.56. The molecule has 1 aromatic rings. The third-order valence-corrected chi connectivity index (χ3v) is 4.89. The van der Waals surface area contributed by atoms with Crippen LogP contribution in [0, 0.1) is 11.7 Å². The van der Waals surface area contributed by atoms with Crippen molar-refractivity contribution in [3.05, 3.63) is 30.1 Å². The SMILES string of the molecule is NC(=O)C1CN(c2ccc(F)cc2)CCN1C(=O)C1CCCC1. The van der Waals surface area contributed by atoms with Gasteiger partial charge < -0.3 is 15.5 Å². The van der Waals surface area contributed by atoms with Gasteiger partial charge in [-0.3, -0.25) is 9.59 Å². The third kappa shape index (κ3) is 3.30. The standard InChI is InChI=1S/C17H22FN3O2/c18-13-5-7-14(8-6-13)20-9-10-21(15(11-20)16(19)22)17(23)12-3-1-2-4-12/h5-8,12,15H,1-4,9-11H2,(H2,19,22). The number of piperazine rings is 1. The number of carbonyl (C=O) groups excluding carboxylic acids is 2. The zero-order valence-corrected chi connectivity index (χ0v) is 13.1. The van der Waals surface area contributed by atoms with Gasteiger partial charge in [-0.25, -0.2) is 4.39 Å². The Hall–Kier alpha value is -2.11. The molecule has 2 aliphatic rings. The molecule has 1 saturated heterocycles. The van der Waals surface area contributed by atoms with Crippen LogP contribution in [-0.4, -0.2) is 42.4 Å². The minimum Gasteiger partial charge on any atom is -0.368 e. The largest absolute Gasteiger partial charge is 0.368 e. The Balaban J connectivity index is 1.74. The summed E-state index contributed by atoms with van der Waals surface area (Å²) in [6.45, 7) is 1.45. The fraction of sp³-hybridized carbons (Fsp3) is 0.529. The maximum atomic E-state index is 13.1. The van der Waals surface area contributed by atoms with Crippen LogP contribution in [0.3, 0.4) is 0 Å². The van der Waals surface area contributed by atoms with E-state index in [1.165, 1.54) is 12.1 Å². The number of anilines is 1. The maximum absolute atomic E-state index is 13.1. The first-order valence-electron chi connectivity index (χ1n) is 8.16. The normalized spacial score (nSPS) is 22.4. The molecule has 5 nitrogen and oxygen atoms in total. The molecule has 23 heavy (non-hydrogen) atoms. The van der Waals surface area contributed by atoms with Gasteiger partial charge in [-0.1, -0.05) is 12.8 Å². The summed E-state index contributed by atoms with van der Waals surface area (Å²) in [5.41, 5.74) is 6.38. The second-order valence-corrected chi connectivity index (χ2v) is 6.35. The van der Waals surface area contributed by atoms with Crippen LogP contribution >= 0.6 is 0 Å². The zero-order valence-electron chi connectivity index (χ0n) is 13.1. The predicted octanol–water partition coefficient (Wildman–Crippen LogP) is 1.52. The van der Waals surface area contributed by atoms with Gasteiger partial charge in [-0.2, -0.15) is 0 Å². The number of hydrogen-bond acceptors (Lipinski definition) is 3. The molecular weight excluding hydrogens is 297 g/mol. The Kier molecular flexibility index (Phi) is 4.50. The fourth-order valence-electron chi connectivity index (χ4n) is 3.58. The summed E-state index contributed by atoms with van der Waals surface area (Å²) in [5.74, 6) is -0.683. The number of primary amides is 1. The van der Waals surface area contributed by atoms with Gasteiger partial charge in [0.05, 0.1) is 0 Å². The van der Waals surface area contributed by atoms with Crippen molar-refractivity contribution in [1.82, 2.24) is 4.90 Å². The molecular formula is C17H22FN3O2. The number of hydrogen-bond donors (Lipinski definition) is 1. The molecule has 2 fully saturated rings. The van der Waals surface area contributed by atoms with Crippen molar-refractivity contribution in [3.63, 3.8) is 0 Å². The molecule has 1 aromatic carbocycles. The highest BCUT2D eigenvalue weighted by Crippen LogP contribution is 2.28. The van der Waals surface area contributed by atoms with Gasteiger partial charge >= 0.3 is 0 Å². The Morgan fingerprint density at radius 1 is 1.09 bits per heavy atom. The van der Waals surface area contributed by atoms with Gasteiger partial charge in [0.15, 0.2) is 0 Å². The van der Waals surface area contributed by atoms with Crippen LogP contribution in [0.5, 0.6) is 0 Å². The van der Waals surface area contributed by atoms with Gasteiger partial charge in [0.1, 0.15) is 11.9 Å². The van der Waals surface area contributed by atoms with Gasteiger partial charge in [0, 0.05) is 31.2 Å². The van der Waals surface area contributed by atoms with Crippen molar-refractivity contribution in [2.45, 2.75) is 31.7 Å². The van der Waals surface area contributed by atoms with E-state index in [0.29, 0.717) is 19.6 Å². The third-order valence-electron chi connectivity index (χ3n) is 4.89. The highest BCUT2D eigenvalue weighted by Gasteiger charge is 2.37. The zero-order chi connectivity index (χ0) is 16.4. The molecule has 2 amide bonds. The Labute approximate surface area is 135 Å². The first-order chi connectivity index (χ1) is 11.1. The summed E-state index contributed by atoms with van der Waals surface area (Å²) >= 11 is 0. The smallest absolute Gasteiger partial charge is 0.242 e. The number of nitrogens with two attached hydrogens (primary N) is 1. The monoisotopic (exact) mass is 319 g/mol. The van der Waals surface area contributed by atoms with Gasteiger partial charge in [-0.05, 0) is 37.1 Å². The van der Waals surface area contributed by atoms with Crippen molar-refractivity contribution in [1.29, 1.82) is 0 Å². The lowest BCUT2D eigenvalue weighted by Crippen LogP contribution is -2.61. The molecule has 1 aliphatic heterocycles. The molecule has 0 radical (unpaired) electrons. The summed E-state index contributed by atoms with van der Waals surface area (Å²) in [6.07, 6.45) is 3.96. The number of benzene rings is 1. The molecule has 1 atom stereocenters. The number of nitrogens with zero attached hydrogens (tertiary/aromatic N) is 2. The van der Waals surface area contributed by atoms with Gasteiger partial charge in [0.25, 0.3) is 0 Å². The van der Waals surface area contributed by atoms with E-state index < -0.39 is 11.9 Å². The first-order valence-corrected chi connectivity index (χ1v) is 8.16. The summed E-state index contributed by atoms with van der Waals surface area (Å²) < 4.78 is 13.1. The van der Waals surface area contributed by atoms with Crippen LogP contribution in [0.15, 0.2) is 24.3 Å². The summed E-state index contributed by atoms with van der Waals surface area (Å²) in [7, 11) is 0. The van der Waals surface area contributed by atoms with Crippen LogP contribution in [0.2, 0.25) is 0 Å². The number of rotatable bonds is 3. The minimum absolute atomic E-state index is 0.0363. The first kappa shape index (κ1) is 15.8. The molecule has 124 valence electrons. The van der Waals surface area contributed by atoms with E-state index in [0.717, 1.165) is 31.4 Å². The Morgan fingerprint density at radius 3 is 2.35 bits per heavy atom. The highest BCUT2D eigenvalue weighted by atomic mass is 19.1. The van der Waals surface area contributed by atoms with E-state index in [-0.39, 0.29) is 17.6 Å². The minimum atomic E-state index is -0.623. The summed E-state index contributed by atoms with van der Waals surface area (Å²) in [4.78, 5) is 28.1. The Bertz CT molecular complexity index is 584. The van der Waals surface area contributed by atoms with Crippen LogP contribution in [0.4, 0.5) is 10.1 Å². The molecule has 1 saturated carbocycles. The predicted molar refractivity (Wildman–Crippen MR) is 85.3 cm³/mol. The van der Waals surface area contributed by atoms with Crippen molar-refractivity contribution >= 4 is 17.5 Å². The molecule has 0 bridgehead atoms. The van der Waals surface area contributed by atoms with Crippen molar-refractivity contribution < 1.29 is 14.0 Å². The van der Waals surface area contributed by atoms with Gasteiger partial charge in [-0.15, -0.1) is 0 Å². The average molecular weight is 319 g/mol. The van der Waals surface area contributed by atoms with E-state index in [4.69, 9.17) is 5.73 Å². The lowest BCUT2D eigenvalue weighted by Gasteiger charge is -2.42. The van der Waals surface area contributed by atoms with E-state index in [2.05, 4.69) is 0 Å². The lowest BCUT2D eigenvalue weighted by atomic mass is 10.0. The maximum Gasteiger partial charge on any atom is 0.242 e. The van der Waals surface area contributed by atoms with Crippen LogP contribution in [0.25, 0.3) is 0 Å². The molecule has 3 rings (SSSR count). The lowest BCUT2D eigenvalue weighted by molar-refractivity contribution is -0.143. The van der Waals surface area contributed by atoms with Crippen LogP contribution < -0.4 is 10.6 Å². The van der Waals surface area contributed by atoms with Crippen molar-refractivity contribution in [2.24, 2.45) is 11.7 Å². The summed E-state index contributed by atoms with van der Waals surface area (Å²) in [6, 6.07) is 5.53. The number of halogens is 1. The molecule has 1 unspecified atom stereocenters. The molecule has 0 spiro atoms. The number of amides is 2. The van der Waals surface area contributed by atoms with Gasteiger partial charge in [0.2, 0.25) is 11.8 Å². The second-order valence-electron chi connectivity index (χ2n) is 6.35. The number of carbonyl (C=O) groups is 2. The molecule has 2 N–H and O–H groups in total. The summed E-state index contributed by atoms with van der Waals surface area (Å²) in [5, 5.41) is 0. The van der Waals surface area contributed by atoms with E-state index in [1.54, 1.807) is 17.0 Å². The topological polar surface area (TPSA) is 66.6 Å². The Morgan fingerprint density at radius 2 is 1.74 bits per heavy atom. The molecule has 0 aromatic heterocycles. The van der Waals surface area contributed by atoms with E-state index >= 15 is 0 Å². The van der Waals surface area contributed by atoms with E-state index in [1.807, 2.05) is 4.90 Å². The molecule has 1 heterocycles. The molecule has 6 heteroatoms. The quantitative estimate of drug-likeness (QED) is 0.918. The molecule has 1 aliphatic carbocycles. The van der Waals surface area contributed by atoms with Crippen LogP contribution in [0.1, 0.15) is 25.7 Å². The van der Waals surface area contributed by atoms with E-state index in [9.17, 15) is 14.0 Å². The van der Waals surface area contributed by atoms with Crippen LogP contribution in [-0.2, 0) is 9.59 Å². The fourth-order valence-corrected chi connectivity index (χ4v) is 3.58. The average Bonchev–Trinajstić information content (AvgIpc) is 3.09.